The van der Waals surface area contributed by atoms with Gasteiger partial charge >= 0.3 is 0 Å². The number of pyridine rings is 1. The number of benzene rings is 1. The predicted molar refractivity (Wildman–Crippen MR) is 84.5 cm³/mol. The summed E-state index contributed by atoms with van der Waals surface area (Å²) >= 11 is 0. The Morgan fingerprint density at radius 2 is 1.31 bits per heavy atom. The summed E-state index contributed by atoms with van der Waals surface area (Å²) in [6, 6.07) is 1.70. The Kier molecular flexibility index (Phi) is 4.81. The minimum atomic E-state index is -2.24. The van der Waals surface area contributed by atoms with Crippen LogP contribution in [0, 0.1) is 40.4 Å². The van der Waals surface area contributed by atoms with Crippen molar-refractivity contribution < 1.29 is 22.0 Å². The van der Waals surface area contributed by atoms with Crippen molar-refractivity contribution in [3.8, 4) is 17.2 Å². The van der Waals surface area contributed by atoms with Gasteiger partial charge in [0.2, 0.25) is 5.82 Å². The third-order valence-corrected chi connectivity index (χ3v) is 4.57. The highest BCUT2D eigenvalue weighted by molar-refractivity contribution is 5.80. The maximum Gasteiger partial charge on any atom is 0.200 e. The molecule has 0 saturated heterocycles. The fourth-order valence-electron chi connectivity index (χ4n) is 3.33. The molecular formula is C18H14F5N3. The molecule has 136 valence electrons. The number of nitrogens with zero attached hydrogens (tertiary/aromatic N) is 2. The van der Waals surface area contributed by atoms with Gasteiger partial charge in [0.15, 0.2) is 23.3 Å². The van der Waals surface area contributed by atoms with E-state index in [1.165, 1.54) is 0 Å². The largest absolute Gasteiger partial charge is 0.383 e. The Hall–Kier alpha value is -2.69. The molecule has 1 aliphatic carbocycles. The van der Waals surface area contributed by atoms with Gasteiger partial charge in [-0.25, -0.2) is 26.9 Å². The minimum Gasteiger partial charge on any atom is -0.383 e. The highest BCUT2D eigenvalue weighted by Gasteiger charge is 2.31. The molecule has 3 rings (SSSR count). The molecule has 0 amide bonds. The molecule has 0 fully saturated rings. The molecule has 2 aromatic rings. The van der Waals surface area contributed by atoms with E-state index in [0.29, 0.717) is 30.5 Å². The number of halogens is 5. The van der Waals surface area contributed by atoms with Crippen LogP contribution in [0.4, 0.5) is 27.8 Å². The zero-order valence-electron chi connectivity index (χ0n) is 13.6. The van der Waals surface area contributed by atoms with E-state index in [2.05, 4.69) is 4.98 Å². The molecule has 1 aromatic heterocycles. The maximum absolute atomic E-state index is 14.4. The van der Waals surface area contributed by atoms with Crippen LogP contribution in [-0.2, 0) is 12.8 Å². The highest BCUT2D eigenvalue weighted by Crippen LogP contribution is 2.39. The van der Waals surface area contributed by atoms with Crippen molar-refractivity contribution >= 4 is 5.82 Å². The normalized spacial score (nSPS) is 14.3. The Bertz CT molecular complexity index is 905. The number of nitriles is 1. The van der Waals surface area contributed by atoms with Gasteiger partial charge in [0, 0.05) is 11.3 Å². The summed E-state index contributed by atoms with van der Waals surface area (Å²) in [5.41, 5.74) is 4.65. The zero-order valence-corrected chi connectivity index (χ0v) is 13.6. The number of hydrogen-bond donors (Lipinski definition) is 1. The van der Waals surface area contributed by atoms with Crippen LogP contribution in [0.25, 0.3) is 11.1 Å². The summed E-state index contributed by atoms with van der Waals surface area (Å²) in [7, 11) is 0. The van der Waals surface area contributed by atoms with Crippen molar-refractivity contribution in [3.05, 3.63) is 45.9 Å². The number of aryl methyl sites for hydroxylation is 1. The van der Waals surface area contributed by atoms with Gasteiger partial charge in [-0.05, 0) is 31.2 Å². The van der Waals surface area contributed by atoms with Crippen LogP contribution >= 0.6 is 0 Å². The average Bonchev–Trinajstić information content (AvgIpc) is 2.60. The number of anilines is 1. The van der Waals surface area contributed by atoms with Crippen LogP contribution in [0.5, 0.6) is 0 Å². The Morgan fingerprint density at radius 1 is 0.769 bits per heavy atom. The number of aromatic nitrogens is 1. The number of fused-ring (bicyclic) bond motifs is 1. The third kappa shape index (κ3) is 2.77. The van der Waals surface area contributed by atoms with Crippen molar-refractivity contribution in [1.82, 2.24) is 4.98 Å². The molecular weight excluding hydrogens is 353 g/mol. The van der Waals surface area contributed by atoms with Gasteiger partial charge in [-0.3, -0.25) is 0 Å². The zero-order chi connectivity index (χ0) is 19.0. The van der Waals surface area contributed by atoms with E-state index >= 15 is 0 Å². The van der Waals surface area contributed by atoms with Crippen LogP contribution in [0.1, 0.15) is 42.5 Å². The number of nitrogen functional groups attached to an aromatic ring is 1. The van der Waals surface area contributed by atoms with Crippen molar-refractivity contribution in [2.24, 2.45) is 0 Å². The summed E-state index contributed by atoms with van der Waals surface area (Å²) in [5.74, 6) is -10.6. The van der Waals surface area contributed by atoms with Crippen molar-refractivity contribution in [3.63, 3.8) is 0 Å². The molecule has 0 bridgehead atoms. The van der Waals surface area contributed by atoms with Crippen molar-refractivity contribution in [2.45, 2.75) is 38.5 Å². The molecule has 1 aliphatic rings. The topological polar surface area (TPSA) is 62.7 Å². The molecule has 0 saturated carbocycles. The highest BCUT2D eigenvalue weighted by atomic mass is 19.2. The average molecular weight is 367 g/mol. The summed E-state index contributed by atoms with van der Waals surface area (Å²) in [4.78, 5) is 4.14. The Labute approximate surface area is 146 Å². The van der Waals surface area contributed by atoms with E-state index in [1.54, 1.807) is 6.07 Å². The van der Waals surface area contributed by atoms with Crippen molar-refractivity contribution in [1.29, 1.82) is 5.26 Å². The fraction of sp³-hybridized carbons (Fsp3) is 0.333. The SMILES string of the molecule is N#Cc1c(N)nc2c(c1-c1c(F)c(F)c(F)c(F)c1F)CCCCCC2. The first-order valence-electron chi connectivity index (χ1n) is 8.11. The third-order valence-electron chi connectivity index (χ3n) is 4.57. The molecule has 3 nitrogen and oxygen atoms in total. The minimum absolute atomic E-state index is 0.286. The summed E-state index contributed by atoms with van der Waals surface area (Å²) in [6.07, 6.45) is 3.94. The fourth-order valence-corrected chi connectivity index (χ4v) is 3.33. The van der Waals surface area contributed by atoms with E-state index in [-0.39, 0.29) is 16.9 Å². The van der Waals surface area contributed by atoms with Gasteiger partial charge in [-0.2, -0.15) is 5.26 Å². The molecule has 0 radical (unpaired) electrons. The quantitative estimate of drug-likeness (QED) is 0.457. The molecule has 0 spiro atoms. The summed E-state index contributed by atoms with van der Waals surface area (Å²) in [6.45, 7) is 0. The van der Waals surface area contributed by atoms with E-state index in [9.17, 15) is 27.2 Å². The van der Waals surface area contributed by atoms with E-state index in [4.69, 9.17) is 5.73 Å². The molecule has 0 unspecified atom stereocenters. The van der Waals surface area contributed by atoms with Crippen LogP contribution in [0.3, 0.4) is 0 Å². The van der Waals surface area contributed by atoms with E-state index in [0.717, 1.165) is 19.3 Å². The second-order valence-corrected chi connectivity index (χ2v) is 6.14. The van der Waals surface area contributed by atoms with Gasteiger partial charge in [-0.1, -0.05) is 12.8 Å². The van der Waals surface area contributed by atoms with Crippen LogP contribution < -0.4 is 5.73 Å². The first-order valence-corrected chi connectivity index (χ1v) is 8.11. The first kappa shape index (κ1) is 18.1. The standard InChI is InChI=1S/C18H14F5N3/c19-13-12(14(20)16(22)17(23)15(13)21)11-8-5-3-1-2-4-6-10(8)26-18(25)9(11)7-24/h1-6H2,(H2,25,26). The summed E-state index contributed by atoms with van der Waals surface area (Å²) in [5, 5.41) is 9.39. The Balaban J connectivity index is 2.44. The second-order valence-electron chi connectivity index (χ2n) is 6.14. The van der Waals surface area contributed by atoms with Crippen LogP contribution in [0.15, 0.2) is 0 Å². The number of hydrogen-bond acceptors (Lipinski definition) is 3. The molecule has 1 heterocycles. The first-order chi connectivity index (χ1) is 12.4. The van der Waals surface area contributed by atoms with Gasteiger partial charge in [0.05, 0.1) is 5.56 Å². The molecule has 1 aromatic carbocycles. The van der Waals surface area contributed by atoms with Crippen LogP contribution in [0.2, 0.25) is 0 Å². The second kappa shape index (κ2) is 6.90. The van der Waals surface area contributed by atoms with E-state index < -0.39 is 34.6 Å². The summed E-state index contributed by atoms with van der Waals surface area (Å²) < 4.78 is 69.6. The van der Waals surface area contributed by atoms with Gasteiger partial charge in [0.1, 0.15) is 17.5 Å². The molecule has 0 atom stereocenters. The van der Waals surface area contributed by atoms with Crippen LogP contribution in [-0.4, -0.2) is 4.98 Å². The molecule has 8 heteroatoms. The molecule has 0 aliphatic heterocycles. The predicted octanol–water partition coefficient (Wildman–Crippen LogP) is 4.56. The lowest BCUT2D eigenvalue weighted by Crippen LogP contribution is -2.13. The lowest BCUT2D eigenvalue weighted by molar-refractivity contribution is 0.381. The number of rotatable bonds is 1. The smallest absolute Gasteiger partial charge is 0.200 e. The molecule has 2 N–H and O–H groups in total. The monoisotopic (exact) mass is 367 g/mol. The molecule has 26 heavy (non-hydrogen) atoms. The lowest BCUT2D eigenvalue weighted by Gasteiger charge is -2.20. The van der Waals surface area contributed by atoms with Gasteiger partial charge in [-0.15, -0.1) is 0 Å². The van der Waals surface area contributed by atoms with Crippen molar-refractivity contribution in [2.75, 3.05) is 5.73 Å². The lowest BCUT2D eigenvalue weighted by atomic mass is 9.87. The number of nitrogens with two attached hydrogens (primary N) is 1. The maximum atomic E-state index is 14.4. The van der Waals surface area contributed by atoms with E-state index in [1.807, 2.05) is 0 Å². The Morgan fingerprint density at radius 3 is 1.88 bits per heavy atom. The van der Waals surface area contributed by atoms with Gasteiger partial charge < -0.3 is 5.73 Å². The van der Waals surface area contributed by atoms with Gasteiger partial charge in [0.25, 0.3) is 0 Å².